The van der Waals surface area contributed by atoms with Crippen molar-refractivity contribution in [2.75, 3.05) is 25.6 Å². The maximum absolute atomic E-state index is 12.1. The van der Waals surface area contributed by atoms with Crippen LogP contribution in [-0.4, -0.2) is 48.8 Å². The normalized spacial score (nSPS) is 11.0. The molecule has 0 aliphatic heterocycles. The van der Waals surface area contributed by atoms with Crippen LogP contribution in [0.2, 0.25) is 0 Å². The molecule has 7 heteroatoms. The molecule has 1 aromatic carbocycles. The van der Waals surface area contributed by atoms with Crippen LogP contribution in [0.1, 0.15) is 28.4 Å². The molecule has 7 nitrogen and oxygen atoms in total. The first-order valence-electron chi connectivity index (χ1n) is 7.11. The average Bonchev–Trinajstić information content (AvgIpc) is 2.50. The first-order chi connectivity index (χ1) is 11.3. The van der Waals surface area contributed by atoms with Gasteiger partial charge < -0.3 is 19.8 Å². The van der Waals surface area contributed by atoms with Crippen LogP contribution >= 0.6 is 0 Å². The Labute approximate surface area is 139 Å². The van der Waals surface area contributed by atoms with E-state index < -0.39 is 17.9 Å². The Kier molecular flexibility index (Phi) is 6.73. The fourth-order valence-corrected chi connectivity index (χ4v) is 2.07. The van der Waals surface area contributed by atoms with E-state index in [1.54, 1.807) is 32.0 Å². The van der Waals surface area contributed by atoms with Gasteiger partial charge in [0.25, 0.3) is 0 Å². The highest BCUT2D eigenvalue weighted by atomic mass is 16.5. The molecular weight excluding hydrogens is 314 g/mol. The van der Waals surface area contributed by atoms with E-state index in [-0.39, 0.29) is 17.7 Å². The summed E-state index contributed by atoms with van der Waals surface area (Å²) in [7, 11) is 3.50. The Morgan fingerprint density at radius 1 is 1.04 bits per heavy atom. The minimum Gasteiger partial charge on any atom is -0.478 e. The molecule has 0 saturated heterocycles. The molecule has 0 bridgehead atoms. The van der Waals surface area contributed by atoms with Crippen molar-refractivity contribution in [3.63, 3.8) is 0 Å². The third-order valence-electron chi connectivity index (χ3n) is 3.03. The van der Waals surface area contributed by atoms with E-state index in [0.29, 0.717) is 11.3 Å². The molecule has 0 aliphatic carbocycles. The number of hydrogen-bond acceptors (Lipinski definition) is 5. The number of anilines is 1. The van der Waals surface area contributed by atoms with E-state index in [2.05, 4.69) is 0 Å². The van der Waals surface area contributed by atoms with Gasteiger partial charge in [0.05, 0.1) is 12.2 Å². The maximum atomic E-state index is 12.1. The van der Waals surface area contributed by atoms with Gasteiger partial charge in [-0.15, -0.1) is 0 Å². The summed E-state index contributed by atoms with van der Waals surface area (Å²) in [6.07, 6.45) is 4.38. The van der Waals surface area contributed by atoms with Crippen LogP contribution in [0, 0.1) is 0 Å². The highest BCUT2D eigenvalue weighted by molar-refractivity contribution is 6.00. The summed E-state index contributed by atoms with van der Waals surface area (Å²) in [5, 5.41) is 17.7. The quantitative estimate of drug-likeness (QED) is 0.582. The predicted molar refractivity (Wildman–Crippen MR) is 90.1 cm³/mol. The summed E-state index contributed by atoms with van der Waals surface area (Å²) in [4.78, 5) is 35.6. The number of aliphatic carboxylic acids is 2. The molecule has 0 aliphatic rings. The SMILES string of the molecule is CCOC(=O)c1ccc(N(C)C)c(C=CC(=O)O)c1C=CC(=O)O. The Morgan fingerprint density at radius 2 is 1.58 bits per heavy atom. The second-order valence-electron chi connectivity index (χ2n) is 4.92. The number of carboxylic acid groups (broad SMARTS) is 2. The standard InChI is InChI=1S/C17H19NO6/c1-4-24-17(23)13-5-8-14(18(2)3)12(7-10-16(21)22)11(13)6-9-15(19)20/h5-10H,4H2,1-3H3,(H,19,20)(H,21,22). The van der Waals surface area contributed by atoms with Gasteiger partial charge in [0, 0.05) is 37.5 Å². The van der Waals surface area contributed by atoms with Gasteiger partial charge in [-0.05, 0) is 36.8 Å². The summed E-state index contributed by atoms with van der Waals surface area (Å²) in [5.41, 5.74) is 1.47. The fraction of sp³-hybridized carbons (Fsp3) is 0.235. The number of esters is 1. The molecule has 0 heterocycles. The second-order valence-corrected chi connectivity index (χ2v) is 4.92. The van der Waals surface area contributed by atoms with Crippen LogP contribution in [0.25, 0.3) is 12.2 Å². The molecule has 0 amide bonds. The lowest BCUT2D eigenvalue weighted by Crippen LogP contribution is -2.14. The molecule has 0 radical (unpaired) electrons. The molecule has 1 aromatic rings. The number of benzene rings is 1. The largest absolute Gasteiger partial charge is 0.478 e. The minimum absolute atomic E-state index is 0.157. The van der Waals surface area contributed by atoms with Crippen LogP contribution in [0.5, 0.6) is 0 Å². The number of rotatable bonds is 7. The molecule has 0 atom stereocenters. The number of hydrogen-bond donors (Lipinski definition) is 2. The first-order valence-corrected chi connectivity index (χ1v) is 7.11. The molecule has 24 heavy (non-hydrogen) atoms. The van der Waals surface area contributed by atoms with Crippen molar-refractivity contribution < 1.29 is 29.3 Å². The molecule has 2 N–H and O–H groups in total. The number of carbonyl (C=O) groups excluding carboxylic acids is 1. The van der Waals surface area contributed by atoms with Gasteiger partial charge in [0.1, 0.15) is 0 Å². The molecular formula is C17H19NO6. The zero-order valence-electron chi connectivity index (χ0n) is 13.6. The number of carbonyl (C=O) groups is 3. The molecule has 128 valence electrons. The van der Waals surface area contributed by atoms with Gasteiger partial charge in [-0.3, -0.25) is 0 Å². The minimum atomic E-state index is -1.19. The molecule has 0 fully saturated rings. The molecule has 0 aromatic heterocycles. The van der Waals surface area contributed by atoms with Crippen molar-refractivity contribution in [2.45, 2.75) is 6.92 Å². The summed E-state index contributed by atoms with van der Waals surface area (Å²) in [6, 6.07) is 3.17. The highest BCUT2D eigenvalue weighted by Crippen LogP contribution is 2.29. The smallest absolute Gasteiger partial charge is 0.338 e. The predicted octanol–water partition coefficient (Wildman–Crippen LogP) is 2.12. The van der Waals surface area contributed by atoms with Crippen molar-refractivity contribution in [1.29, 1.82) is 0 Å². The van der Waals surface area contributed by atoms with Gasteiger partial charge in [-0.25, -0.2) is 14.4 Å². The van der Waals surface area contributed by atoms with Crippen molar-refractivity contribution in [1.82, 2.24) is 0 Å². The summed E-state index contributed by atoms with van der Waals surface area (Å²) in [6.45, 7) is 1.82. The van der Waals surface area contributed by atoms with Crippen molar-refractivity contribution in [3.8, 4) is 0 Å². The maximum Gasteiger partial charge on any atom is 0.338 e. The monoisotopic (exact) mass is 333 g/mol. The van der Waals surface area contributed by atoms with Gasteiger partial charge >= 0.3 is 17.9 Å². The van der Waals surface area contributed by atoms with E-state index in [4.69, 9.17) is 14.9 Å². The van der Waals surface area contributed by atoms with E-state index in [1.807, 2.05) is 0 Å². The van der Waals surface area contributed by atoms with E-state index >= 15 is 0 Å². The van der Waals surface area contributed by atoms with Gasteiger partial charge in [0.15, 0.2) is 0 Å². The summed E-state index contributed by atoms with van der Waals surface area (Å²) < 4.78 is 4.98. The lowest BCUT2D eigenvalue weighted by Gasteiger charge is -2.19. The zero-order chi connectivity index (χ0) is 18.3. The highest BCUT2D eigenvalue weighted by Gasteiger charge is 2.17. The van der Waals surface area contributed by atoms with Gasteiger partial charge in [-0.1, -0.05) is 0 Å². The zero-order valence-corrected chi connectivity index (χ0v) is 13.6. The molecule has 0 unspecified atom stereocenters. The second kappa shape index (κ2) is 8.52. The first kappa shape index (κ1) is 19.0. The fourth-order valence-electron chi connectivity index (χ4n) is 2.07. The lowest BCUT2D eigenvalue weighted by molar-refractivity contribution is -0.132. The van der Waals surface area contributed by atoms with Crippen LogP contribution in [0.15, 0.2) is 24.3 Å². The molecule has 0 saturated carbocycles. The summed E-state index contributed by atoms with van der Waals surface area (Å²) >= 11 is 0. The van der Waals surface area contributed by atoms with E-state index in [9.17, 15) is 14.4 Å². The Morgan fingerprint density at radius 3 is 2.04 bits per heavy atom. The van der Waals surface area contributed by atoms with Gasteiger partial charge in [-0.2, -0.15) is 0 Å². The van der Waals surface area contributed by atoms with Crippen LogP contribution in [0.3, 0.4) is 0 Å². The Bertz CT molecular complexity index is 703. The number of carboxylic acids is 2. The average molecular weight is 333 g/mol. The van der Waals surface area contributed by atoms with Crippen molar-refractivity contribution in [3.05, 3.63) is 41.0 Å². The van der Waals surface area contributed by atoms with E-state index in [0.717, 1.165) is 12.2 Å². The van der Waals surface area contributed by atoms with Crippen LogP contribution in [-0.2, 0) is 14.3 Å². The van der Waals surface area contributed by atoms with Crippen molar-refractivity contribution >= 4 is 35.7 Å². The number of ether oxygens (including phenoxy) is 1. The molecule has 0 spiro atoms. The lowest BCUT2D eigenvalue weighted by atomic mass is 9.97. The third kappa shape index (κ3) is 4.98. The van der Waals surface area contributed by atoms with Crippen LogP contribution in [0.4, 0.5) is 5.69 Å². The van der Waals surface area contributed by atoms with Gasteiger partial charge in [0.2, 0.25) is 0 Å². The summed E-state index contributed by atoms with van der Waals surface area (Å²) in [5.74, 6) is -2.96. The Balaban J connectivity index is 3.67. The van der Waals surface area contributed by atoms with Crippen molar-refractivity contribution in [2.24, 2.45) is 0 Å². The third-order valence-corrected chi connectivity index (χ3v) is 3.03. The number of nitrogens with zero attached hydrogens (tertiary/aromatic N) is 1. The van der Waals surface area contributed by atoms with Crippen LogP contribution < -0.4 is 4.90 Å². The molecule has 1 rings (SSSR count). The Hall–Kier alpha value is -3.09. The van der Waals surface area contributed by atoms with E-state index in [1.165, 1.54) is 18.2 Å². The topological polar surface area (TPSA) is 104 Å².